The first-order chi connectivity index (χ1) is 18.8. The molecule has 2 aromatic carbocycles. The van der Waals surface area contributed by atoms with Crippen LogP contribution >= 0.6 is 0 Å². The Hall–Kier alpha value is -4.14. The highest BCUT2D eigenvalue weighted by Crippen LogP contribution is 2.38. The SMILES string of the molecule is COC1=Nn2cc(-c3cc4c(OC[C@@H]5CCCN5c5ccc(OC(C)(C)C)cc5)cc(OC)cc4o3)nc2C1. The maximum Gasteiger partial charge on any atom is 0.214 e. The third kappa shape index (κ3) is 5.13. The zero-order chi connectivity index (χ0) is 27.1. The minimum Gasteiger partial charge on any atom is -0.496 e. The van der Waals surface area contributed by atoms with Crippen LogP contribution in [0.3, 0.4) is 0 Å². The predicted octanol–water partition coefficient (Wildman–Crippen LogP) is 5.89. The van der Waals surface area contributed by atoms with E-state index in [2.05, 4.69) is 42.9 Å². The molecule has 1 fully saturated rings. The molecule has 1 atom stereocenters. The Labute approximate surface area is 227 Å². The molecule has 2 aliphatic rings. The normalized spacial score (nSPS) is 16.9. The van der Waals surface area contributed by atoms with Crippen LogP contribution in [0.5, 0.6) is 17.2 Å². The fraction of sp³-hybridized carbons (Fsp3) is 0.400. The second kappa shape index (κ2) is 9.87. The van der Waals surface area contributed by atoms with Gasteiger partial charge in [-0.3, -0.25) is 0 Å². The number of rotatable bonds is 7. The summed E-state index contributed by atoms with van der Waals surface area (Å²) in [5.41, 5.74) is 2.35. The summed E-state index contributed by atoms with van der Waals surface area (Å²) in [5.74, 6) is 4.39. The molecule has 0 radical (unpaired) electrons. The molecule has 0 bridgehead atoms. The minimum atomic E-state index is -0.222. The first-order valence-corrected chi connectivity index (χ1v) is 13.3. The quantitative estimate of drug-likeness (QED) is 0.294. The van der Waals surface area contributed by atoms with Crippen LogP contribution in [-0.2, 0) is 11.2 Å². The van der Waals surface area contributed by atoms with Crippen LogP contribution in [0.4, 0.5) is 5.69 Å². The second-order valence-corrected chi connectivity index (χ2v) is 10.9. The molecule has 0 unspecified atom stereocenters. The maximum absolute atomic E-state index is 6.46. The van der Waals surface area contributed by atoms with Crippen LogP contribution < -0.4 is 19.1 Å². The summed E-state index contributed by atoms with van der Waals surface area (Å²) < 4.78 is 31.2. The highest BCUT2D eigenvalue weighted by molar-refractivity contribution is 5.89. The van der Waals surface area contributed by atoms with Crippen molar-refractivity contribution >= 4 is 22.6 Å². The number of hydrogen-bond acceptors (Lipinski definition) is 8. The van der Waals surface area contributed by atoms with Crippen molar-refractivity contribution in [2.45, 2.75) is 51.7 Å². The third-order valence-electron chi connectivity index (χ3n) is 6.98. The van der Waals surface area contributed by atoms with Gasteiger partial charge in [-0.15, -0.1) is 5.10 Å². The van der Waals surface area contributed by atoms with Crippen molar-refractivity contribution in [3.63, 3.8) is 0 Å². The number of imidazole rings is 1. The van der Waals surface area contributed by atoms with Crippen molar-refractivity contribution in [2.75, 3.05) is 32.3 Å². The lowest BCUT2D eigenvalue weighted by molar-refractivity contribution is 0.131. The number of anilines is 1. The fourth-order valence-electron chi connectivity index (χ4n) is 5.18. The van der Waals surface area contributed by atoms with Crippen LogP contribution in [0.15, 0.2) is 58.2 Å². The number of aromatic nitrogens is 2. The second-order valence-electron chi connectivity index (χ2n) is 10.9. The van der Waals surface area contributed by atoms with E-state index in [0.29, 0.717) is 41.7 Å². The Morgan fingerprint density at radius 3 is 2.56 bits per heavy atom. The summed E-state index contributed by atoms with van der Waals surface area (Å²) >= 11 is 0. The molecule has 2 aliphatic heterocycles. The van der Waals surface area contributed by atoms with Gasteiger partial charge >= 0.3 is 0 Å². The standard InChI is InChI=1S/C30H34N4O5/c1-30(2,3)39-21-10-8-19(9-11-21)33-12-6-7-20(33)18-37-25-13-22(35-4)14-26-23(25)15-27(38-26)24-17-34-28(31-24)16-29(32-34)36-5/h8-11,13-15,17,20H,6-7,12,16,18H2,1-5H3/t20-/m0/s1. The molecule has 4 aromatic rings. The molecule has 1 saturated heterocycles. The summed E-state index contributed by atoms with van der Waals surface area (Å²) in [5, 5.41) is 5.27. The fourth-order valence-corrected chi connectivity index (χ4v) is 5.18. The van der Waals surface area contributed by atoms with Crippen molar-refractivity contribution in [1.29, 1.82) is 0 Å². The number of methoxy groups -OCH3 is 2. The highest BCUT2D eigenvalue weighted by Gasteiger charge is 2.27. The third-order valence-corrected chi connectivity index (χ3v) is 6.98. The number of furan rings is 1. The largest absolute Gasteiger partial charge is 0.496 e. The number of benzene rings is 2. The van der Waals surface area contributed by atoms with Crippen LogP contribution in [-0.4, -0.2) is 54.6 Å². The number of hydrogen-bond donors (Lipinski definition) is 0. The predicted molar refractivity (Wildman–Crippen MR) is 150 cm³/mol. The van der Waals surface area contributed by atoms with E-state index < -0.39 is 0 Å². The van der Waals surface area contributed by atoms with Crippen molar-refractivity contribution in [1.82, 2.24) is 9.66 Å². The zero-order valence-corrected chi connectivity index (χ0v) is 23.1. The van der Waals surface area contributed by atoms with Gasteiger partial charge in [-0.1, -0.05) is 0 Å². The molecule has 0 aliphatic carbocycles. The Morgan fingerprint density at radius 1 is 1.03 bits per heavy atom. The molecule has 0 amide bonds. The van der Waals surface area contributed by atoms with Gasteiger partial charge in [-0.25, -0.2) is 9.66 Å². The maximum atomic E-state index is 6.46. The number of nitrogens with zero attached hydrogens (tertiary/aromatic N) is 4. The van der Waals surface area contributed by atoms with E-state index in [-0.39, 0.29) is 11.6 Å². The van der Waals surface area contributed by atoms with E-state index in [9.17, 15) is 0 Å². The van der Waals surface area contributed by atoms with Crippen LogP contribution in [0, 0.1) is 0 Å². The molecule has 204 valence electrons. The van der Waals surface area contributed by atoms with E-state index in [1.54, 1.807) is 18.9 Å². The van der Waals surface area contributed by atoms with Crippen molar-refractivity contribution in [2.24, 2.45) is 5.10 Å². The van der Waals surface area contributed by atoms with Gasteiger partial charge in [0.2, 0.25) is 5.90 Å². The van der Waals surface area contributed by atoms with Gasteiger partial charge in [0.25, 0.3) is 0 Å². The van der Waals surface area contributed by atoms with E-state index in [0.717, 1.165) is 42.1 Å². The zero-order valence-electron chi connectivity index (χ0n) is 23.1. The van der Waals surface area contributed by atoms with Gasteiger partial charge in [0.15, 0.2) is 5.76 Å². The molecule has 9 nitrogen and oxygen atoms in total. The molecule has 0 N–H and O–H groups in total. The molecule has 4 heterocycles. The van der Waals surface area contributed by atoms with Crippen LogP contribution in [0.2, 0.25) is 0 Å². The molecule has 0 saturated carbocycles. The Kier molecular flexibility index (Phi) is 6.37. The van der Waals surface area contributed by atoms with E-state index in [1.165, 1.54) is 5.69 Å². The molecular weight excluding hydrogens is 496 g/mol. The molecule has 9 heteroatoms. The van der Waals surface area contributed by atoms with Gasteiger partial charge < -0.3 is 28.3 Å². The van der Waals surface area contributed by atoms with Gasteiger partial charge in [0.1, 0.15) is 46.6 Å². The lowest BCUT2D eigenvalue weighted by atomic mass is 10.2. The summed E-state index contributed by atoms with van der Waals surface area (Å²) in [4.78, 5) is 7.11. The Balaban J connectivity index is 1.21. The van der Waals surface area contributed by atoms with Gasteiger partial charge in [0.05, 0.1) is 38.3 Å². The Morgan fingerprint density at radius 2 is 1.85 bits per heavy atom. The smallest absolute Gasteiger partial charge is 0.214 e. The lowest BCUT2D eigenvalue weighted by Gasteiger charge is -2.28. The molecule has 6 rings (SSSR count). The first-order valence-electron chi connectivity index (χ1n) is 13.3. The van der Waals surface area contributed by atoms with E-state index >= 15 is 0 Å². The highest BCUT2D eigenvalue weighted by atomic mass is 16.5. The van der Waals surface area contributed by atoms with Crippen molar-refractivity contribution < 1.29 is 23.4 Å². The average Bonchev–Trinajstić information content (AvgIpc) is 3.68. The number of fused-ring (bicyclic) bond motifs is 2. The Bertz CT molecular complexity index is 1510. The summed E-state index contributed by atoms with van der Waals surface area (Å²) in [6, 6.07) is 14.4. The topological polar surface area (TPSA) is 83.5 Å². The monoisotopic (exact) mass is 530 g/mol. The van der Waals surface area contributed by atoms with Crippen LogP contribution in [0.25, 0.3) is 22.4 Å². The van der Waals surface area contributed by atoms with Crippen molar-refractivity contribution in [3.8, 4) is 28.7 Å². The first kappa shape index (κ1) is 25.2. The van der Waals surface area contributed by atoms with Gasteiger partial charge in [0, 0.05) is 24.4 Å². The molecule has 0 spiro atoms. The molecule has 2 aromatic heterocycles. The molecular formula is C30H34N4O5. The lowest BCUT2D eigenvalue weighted by Crippen LogP contribution is -2.34. The minimum absolute atomic E-state index is 0.222. The summed E-state index contributed by atoms with van der Waals surface area (Å²) in [7, 11) is 3.26. The average molecular weight is 531 g/mol. The summed E-state index contributed by atoms with van der Waals surface area (Å²) in [6.45, 7) is 7.72. The van der Waals surface area contributed by atoms with E-state index in [4.69, 9.17) is 28.3 Å². The van der Waals surface area contributed by atoms with Crippen molar-refractivity contribution in [3.05, 3.63) is 54.5 Å². The number of ether oxygens (including phenoxy) is 4. The molecule has 39 heavy (non-hydrogen) atoms. The van der Waals surface area contributed by atoms with Crippen LogP contribution in [0.1, 0.15) is 39.4 Å². The van der Waals surface area contributed by atoms with E-state index in [1.807, 2.05) is 36.5 Å². The van der Waals surface area contributed by atoms with Gasteiger partial charge in [-0.2, -0.15) is 0 Å². The summed E-state index contributed by atoms with van der Waals surface area (Å²) in [6.07, 6.45) is 4.60. The van der Waals surface area contributed by atoms with Gasteiger partial charge in [-0.05, 0) is 63.9 Å².